The Morgan fingerprint density at radius 2 is 1.89 bits per heavy atom. The maximum Gasteiger partial charge on any atom is 0.305 e. The van der Waals surface area contributed by atoms with Crippen LogP contribution in [0.5, 0.6) is 0 Å². The van der Waals surface area contributed by atoms with Gasteiger partial charge in [0, 0.05) is 0 Å². The maximum absolute atomic E-state index is 12.9. The number of hydrogen-bond acceptors (Lipinski definition) is 3. The number of hydrogen-bond donors (Lipinski definition) is 3. The molecule has 1 rings (SSSR count). The van der Waals surface area contributed by atoms with Gasteiger partial charge in [-0.15, -0.1) is 0 Å². The van der Waals surface area contributed by atoms with E-state index in [-0.39, 0.29) is 15.7 Å². The van der Waals surface area contributed by atoms with E-state index in [0.29, 0.717) is 0 Å². The summed E-state index contributed by atoms with van der Waals surface area (Å²) in [7, 11) is 0. The van der Waals surface area contributed by atoms with Gasteiger partial charge < -0.3 is 16.2 Å². The highest BCUT2D eigenvalue weighted by atomic mass is 35.5. The molecule has 0 heterocycles. The molecule has 0 saturated heterocycles. The third-order valence-electron chi connectivity index (χ3n) is 1.99. The minimum Gasteiger partial charge on any atom is -0.481 e. The fourth-order valence-corrected chi connectivity index (χ4v) is 1.71. The van der Waals surface area contributed by atoms with Crippen LogP contribution in [0.4, 0.5) is 10.1 Å². The Morgan fingerprint density at radius 3 is 2.33 bits per heavy atom. The number of nitrogens with one attached hydrogen (secondary N) is 1. The lowest BCUT2D eigenvalue weighted by Gasteiger charge is -2.12. The zero-order valence-corrected chi connectivity index (χ0v) is 10.4. The van der Waals surface area contributed by atoms with Gasteiger partial charge in [-0.1, -0.05) is 23.2 Å². The van der Waals surface area contributed by atoms with Gasteiger partial charge in [0.1, 0.15) is 5.82 Å². The van der Waals surface area contributed by atoms with Crippen LogP contribution in [0.3, 0.4) is 0 Å². The van der Waals surface area contributed by atoms with Gasteiger partial charge in [-0.25, -0.2) is 4.39 Å². The second-order valence-electron chi connectivity index (χ2n) is 3.44. The number of nitrogens with two attached hydrogens (primary N) is 1. The van der Waals surface area contributed by atoms with Crippen molar-refractivity contribution in [3.8, 4) is 0 Å². The molecule has 0 aliphatic carbocycles. The fourth-order valence-electron chi connectivity index (χ4n) is 1.16. The first-order chi connectivity index (χ1) is 8.31. The van der Waals surface area contributed by atoms with Gasteiger partial charge in [0.05, 0.1) is 28.2 Å². The average molecular weight is 295 g/mol. The minimum atomic E-state index is -1.25. The zero-order valence-electron chi connectivity index (χ0n) is 8.91. The standard InChI is InChI=1S/C10H9Cl2FN2O3/c11-5-1-4(13)2-6(12)9(5)15-10(18)7(14)3-8(16)17/h1-2,7H,3,14H2,(H,15,18)(H,16,17). The van der Waals surface area contributed by atoms with E-state index in [1.807, 2.05) is 0 Å². The quantitative estimate of drug-likeness (QED) is 0.790. The summed E-state index contributed by atoms with van der Waals surface area (Å²) < 4.78 is 12.9. The van der Waals surface area contributed by atoms with Crippen molar-refractivity contribution in [3.05, 3.63) is 28.0 Å². The van der Waals surface area contributed by atoms with E-state index in [1.165, 1.54) is 0 Å². The molecular formula is C10H9Cl2FN2O3. The molecule has 0 aliphatic heterocycles. The second kappa shape index (κ2) is 5.99. The van der Waals surface area contributed by atoms with Crippen LogP contribution in [-0.2, 0) is 9.59 Å². The molecule has 0 aliphatic rings. The molecule has 18 heavy (non-hydrogen) atoms. The highest BCUT2D eigenvalue weighted by molar-refractivity contribution is 6.39. The summed E-state index contributed by atoms with van der Waals surface area (Å²) in [5.41, 5.74) is 5.33. The van der Waals surface area contributed by atoms with Gasteiger partial charge in [-0.3, -0.25) is 9.59 Å². The zero-order chi connectivity index (χ0) is 13.9. The first-order valence-corrected chi connectivity index (χ1v) is 5.49. The summed E-state index contributed by atoms with van der Waals surface area (Å²) in [4.78, 5) is 21.9. The molecule has 0 radical (unpaired) electrons. The number of carbonyl (C=O) groups is 2. The van der Waals surface area contributed by atoms with E-state index in [2.05, 4.69) is 5.32 Å². The van der Waals surface area contributed by atoms with Crippen LogP contribution in [0, 0.1) is 5.82 Å². The predicted octanol–water partition coefficient (Wildman–Crippen LogP) is 1.87. The number of carboxylic acid groups (broad SMARTS) is 1. The molecular weight excluding hydrogens is 286 g/mol. The molecule has 0 bridgehead atoms. The molecule has 8 heteroatoms. The molecule has 1 unspecified atom stereocenters. The van der Waals surface area contributed by atoms with Gasteiger partial charge in [-0.05, 0) is 12.1 Å². The van der Waals surface area contributed by atoms with E-state index < -0.39 is 30.2 Å². The molecule has 0 spiro atoms. The van der Waals surface area contributed by atoms with Crippen LogP contribution in [0.15, 0.2) is 12.1 Å². The number of amides is 1. The SMILES string of the molecule is NC(CC(=O)O)C(=O)Nc1c(Cl)cc(F)cc1Cl. The first kappa shape index (κ1) is 14.7. The summed E-state index contributed by atoms with van der Waals surface area (Å²) in [5.74, 6) is -2.64. The van der Waals surface area contributed by atoms with Gasteiger partial charge >= 0.3 is 5.97 Å². The number of benzene rings is 1. The Morgan fingerprint density at radius 1 is 1.39 bits per heavy atom. The molecule has 98 valence electrons. The van der Waals surface area contributed by atoms with E-state index in [9.17, 15) is 14.0 Å². The summed E-state index contributed by atoms with van der Waals surface area (Å²) in [6, 6.07) is 0.678. The molecule has 5 nitrogen and oxygen atoms in total. The molecule has 4 N–H and O–H groups in total. The van der Waals surface area contributed by atoms with Crippen LogP contribution in [0.1, 0.15) is 6.42 Å². The Kier molecular flexibility index (Phi) is 4.89. The molecule has 0 aromatic heterocycles. The Labute approximate surface area is 112 Å². The summed E-state index contributed by atoms with van der Waals surface area (Å²) in [5, 5.41) is 10.5. The molecule has 1 atom stereocenters. The van der Waals surface area contributed by atoms with Gasteiger partial charge in [0.2, 0.25) is 5.91 Å². The highest BCUT2D eigenvalue weighted by Gasteiger charge is 2.19. The summed E-state index contributed by atoms with van der Waals surface area (Å²) >= 11 is 11.4. The van der Waals surface area contributed by atoms with E-state index >= 15 is 0 Å². The third-order valence-corrected chi connectivity index (χ3v) is 2.58. The Hall–Kier alpha value is -1.37. The number of carbonyl (C=O) groups excluding carboxylic acids is 1. The summed E-state index contributed by atoms with van der Waals surface area (Å²) in [6.07, 6.45) is -0.539. The van der Waals surface area contributed by atoms with Crippen molar-refractivity contribution in [1.29, 1.82) is 0 Å². The van der Waals surface area contributed by atoms with Crippen molar-refractivity contribution in [2.24, 2.45) is 5.73 Å². The van der Waals surface area contributed by atoms with Gasteiger partial charge in [0.15, 0.2) is 0 Å². The average Bonchev–Trinajstić information content (AvgIpc) is 2.21. The Balaban J connectivity index is 2.85. The number of anilines is 1. The number of carboxylic acids is 1. The normalized spacial score (nSPS) is 12.0. The van der Waals surface area contributed by atoms with Crippen LogP contribution in [-0.4, -0.2) is 23.0 Å². The minimum absolute atomic E-state index is 0.00873. The van der Waals surface area contributed by atoms with Crippen molar-refractivity contribution in [2.75, 3.05) is 5.32 Å². The lowest BCUT2D eigenvalue weighted by atomic mass is 10.2. The van der Waals surface area contributed by atoms with Gasteiger partial charge in [-0.2, -0.15) is 0 Å². The summed E-state index contributed by atoms with van der Waals surface area (Å²) in [6.45, 7) is 0. The molecule has 1 aromatic rings. The molecule has 1 aromatic carbocycles. The van der Waals surface area contributed by atoms with E-state index in [0.717, 1.165) is 12.1 Å². The van der Waals surface area contributed by atoms with Gasteiger partial charge in [0.25, 0.3) is 0 Å². The number of aliphatic carboxylic acids is 1. The number of rotatable bonds is 4. The second-order valence-corrected chi connectivity index (χ2v) is 4.25. The lowest BCUT2D eigenvalue weighted by molar-refractivity contribution is -0.138. The molecule has 0 saturated carbocycles. The first-order valence-electron chi connectivity index (χ1n) is 4.74. The Bertz CT molecular complexity index is 473. The van der Waals surface area contributed by atoms with Crippen LogP contribution < -0.4 is 11.1 Å². The van der Waals surface area contributed by atoms with Crippen molar-refractivity contribution in [3.63, 3.8) is 0 Å². The smallest absolute Gasteiger partial charge is 0.305 e. The molecule has 1 amide bonds. The topological polar surface area (TPSA) is 92.4 Å². The van der Waals surface area contributed by atoms with Crippen molar-refractivity contribution in [1.82, 2.24) is 0 Å². The van der Waals surface area contributed by atoms with Crippen LogP contribution >= 0.6 is 23.2 Å². The van der Waals surface area contributed by atoms with Crippen molar-refractivity contribution < 1.29 is 19.1 Å². The monoisotopic (exact) mass is 294 g/mol. The van der Waals surface area contributed by atoms with Crippen LogP contribution in [0.25, 0.3) is 0 Å². The third kappa shape index (κ3) is 3.83. The highest BCUT2D eigenvalue weighted by Crippen LogP contribution is 2.31. The van der Waals surface area contributed by atoms with E-state index in [4.69, 9.17) is 34.0 Å². The lowest BCUT2D eigenvalue weighted by Crippen LogP contribution is -2.37. The van der Waals surface area contributed by atoms with Crippen molar-refractivity contribution in [2.45, 2.75) is 12.5 Å². The van der Waals surface area contributed by atoms with Crippen molar-refractivity contribution >= 4 is 40.8 Å². The molecule has 0 fully saturated rings. The van der Waals surface area contributed by atoms with Crippen LogP contribution in [0.2, 0.25) is 10.0 Å². The fraction of sp³-hybridized carbons (Fsp3) is 0.200. The number of halogens is 3. The largest absolute Gasteiger partial charge is 0.481 e. The van der Waals surface area contributed by atoms with E-state index in [1.54, 1.807) is 0 Å². The maximum atomic E-state index is 12.9. The predicted molar refractivity (Wildman–Crippen MR) is 65.3 cm³/mol.